The Morgan fingerprint density at radius 2 is 1.96 bits per heavy atom. The fourth-order valence-corrected chi connectivity index (χ4v) is 3.26. The summed E-state index contributed by atoms with van der Waals surface area (Å²) in [5, 5.41) is 11.2. The maximum absolute atomic E-state index is 11.2. The molecule has 0 radical (unpaired) electrons. The maximum atomic E-state index is 11.2. The molecule has 0 amide bonds. The lowest BCUT2D eigenvalue weighted by Crippen LogP contribution is -2.23. The molecule has 0 N–H and O–H groups in total. The van der Waals surface area contributed by atoms with Gasteiger partial charge in [-0.15, -0.1) is 0 Å². The minimum Gasteiger partial charge on any atom is -0.497 e. The lowest BCUT2D eigenvalue weighted by Gasteiger charge is -2.25. The van der Waals surface area contributed by atoms with Crippen molar-refractivity contribution in [2.45, 2.75) is 25.4 Å². The summed E-state index contributed by atoms with van der Waals surface area (Å²) in [4.78, 5) is 13.2. The summed E-state index contributed by atoms with van der Waals surface area (Å²) in [6, 6.07) is 15.4. The summed E-state index contributed by atoms with van der Waals surface area (Å²) in [6.07, 6.45) is 2.18. The first-order valence-electron chi connectivity index (χ1n) is 7.79. The van der Waals surface area contributed by atoms with Crippen LogP contribution in [-0.2, 0) is 6.54 Å². The van der Waals surface area contributed by atoms with E-state index < -0.39 is 0 Å². The third-order valence-corrected chi connectivity index (χ3v) is 4.43. The van der Waals surface area contributed by atoms with Crippen LogP contribution in [0, 0.1) is 10.1 Å². The van der Waals surface area contributed by atoms with Gasteiger partial charge in [-0.05, 0) is 37.1 Å². The molecule has 1 aliphatic rings. The molecular formula is C18H20N2O3. The van der Waals surface area contributed by atoms with Crippen LogP contribution >= 0.6 is 0 Å². The second kappa shape index (κ2) is 6.79. The van der Waals surface area contributed by atoms with Gasteiger partial charge in [0, 0.05) is 24.2 Å². The van der Waals surface area contributed by atoms with E-state index in [-0.39, 0.29) is 10.6 Å². The summed E-state index contributed by atoms with van der Waals surface area (Å²) in [6.45, 7) is 1.57. The molecule has 1 unspecified atom stereocenters. The van der Waals surface area contributed by atoms with Crippen molar-refractivity contribution in [3.05, 3.63) is 69.8 Å². The molecule has 3 rings (SSSR count). The predicted octanol–water partition coefficient (Wildman–Crippen LogP) is 3.94. The van der Waals surface area contributed by atoms with Crippen LogP contribution in [0.2, 0.25) is 0 Å². The van der Waals surface area contributed by atoms with Crippen molar-refractivity contribution in [3.63, 3.8) is 0 Å². The van der Waals surface area contributed by atoms with Crippen molar-refractivity contribution in [1.82, 2.24) is 4.90 Å². The third-order valence-electron chi connectivity index (χ3n) is 4.43. The second-order valence-corrected chi connectivity index (χ2v) is 5.79. The van der Waals surface area contributed by atoms with E-state index in [1.165, 1.54) is 5.56 Å². The summed E-state index contributed by atoms with van der Waals surface area (Å²) < 4.78 is 5.21. The molecule has 0 saturated carbocycles. The zero-order chi connectivity index (χ0) is 16.2. The Hall–Kier alpha value is -2.40. The number of nitrogens with zero attached hydrogens (tertiary/aromatic N) is 2. The van der Waals surface area contributed by atoms with Gasteiger partial charge in [0.1, 0.15) is 5.75 Å². The normalized spacial score (nSPS) is 18.0. The van der Waals surface area contributed by atoms with E-state index in [2.05, 4.69) is 17.0 Å². The average molecular weight is 312 g/mol. The molecule has 1 fully saturated rings. The number of likely N-dealkylation sites (tertiary alicyclic amines) is 1. The van der Waals surface area contributed by atoms with Crippen LogP contribution in [0.25, 0.3) is 0 Å². The Morgan fingerprint density at radius 3 is 2.65 bits per heavy atom. The summed E-state index contributed by atoms with van der Waals surface area (Å²) >= 11 is 0. The van der Waals surface area contributed by atoms with Gasteiger partial charge in [-0.2, -0.15) is 0 Å². The van der Waals surface area contributed by atoms with Crippen molar-refractivity contribution in [2.75, 3.05) is 13.7 Å². The van der Waals surface area contributed by atoms with Gasteiger partial charge >= 0.3 is 0 Å². The first kappa shape index (κ1) is 15.5. The largest absolute Gasteiger partial charge is 0.497 e. The number of nitro benzene ring substituents is 1. The highest BCUT2D eigenvalue weighted by Gasteiger charge is 2.27. The highest BCUT2D eigenvalue weighted by molar-refractivity contribution is 5.40. The zero-order valence-corrected chi connectivity index (χ0v) is 13.1. The maximum Gasteiger partial charge on any atom is 0.273 e. The van der Waals surface area contributed by atoms with E-state index in [4.69, 9.17) is 4.74 Å². The van der Waals surface area contributed by atoms with Gasteiger partial charge in [-0.3, -0.25) is 15.0 Å². The molecule has 1 aliphatic heterocycles. The van der Waals surface area contributed by atoms with E-state index in [0.717, 1.165) is 30.7 Å². The van der Waals surface area contributed by atoms with Gasteiger partial charge in [-0.1, -0.05) is 30.3 Å². The minimum atomic E-state index is -0.298. The van der Waals surface area contributed by atoms with Gasteiger partial charge in [0.25, 0.3) is 5.69 Å². The SMILES string of the molecule is COc1ccc(C2CCCN2Cc2ccccc2[N+](=O)[O-])cc1. The zero-order valence-electron chi connectivity index (χ0n) is 13.1. The Morgan fingerprint density at radius 1 is 1.22 bits per heavy atom. The first-order chi connectivity index (χ1) is 11.2. The predicted molar refractivity (Wildman–Crippen MR) is 88.5 cm³/mol. The number of methoxy groups -OCH3 is 1. The number of ether oxygens (including phenoxy) is 1. The van der Waals surface area contributed by atoms with E-state index in [1.54, 1.807) is 19.2 Å². The molecule has 5 heteroatoms. The summed E-state index contributed by atoms with van der Waals surface area (Å²) in [5.74, 6) is 0.844. The van der Waals surface area contributed by atoms with Crippen molar-refractivity contribution < 1.29 is 9.66 Å². The lowest BCUT2D eigenvalue weighted by atomic mass is 10.0. The topological polar surface area (TPSA) is 55.6 Å². The number of rotatable bonds is 5. The fraction of sp³-hybridized carbons (Fsp3) is 0.333. The molecule has 120 valence electrons. The molecule has 2 aromatic rings. The molecule has 5 nitrogen and oxygen atoms in total. The van der Waals surface area contributed by atoms with Gasteiger partial charge in [-0.25, -0.2) is 0 Å². The Labute approximate surface area is 135 Å². The molecule has 23 heavy (non-hydrogen) atoms. The standard InChI is InChI=1S/C18H20N2O3/c1-23-16-10-8-14(9-11-16)17-7-4-12-19(17)13-15-5-2-3-6-18(15)20(21)22/h2-3,5-6,8-11,17H,4,7,12-13H2,1H3. The quantitative estimate of drug-likeness (QED) is 0.620. The lowest BCUT2D eigenvalue weighted by molar-refractivity contribution is -0.385. The van der Waals surface area contributed by atoms with Crippen LogP contribution in [0.4, 0.5) is 5.69 Å². The summed E-state index contributed by atoms with van der Waals surface area (Å²) in [5.41, 5.74) is 2.22. The number of benzene rings is 2. The molecule has 0 bridgehead atoms. The van der Waals surface area contributed by atoms with Crippen molar-refractivity contribution >= 4 is 5.69 Å². The van der Waals surface area contributed by atoms with Crippen LogP contribution in [0.5, 0.6) is 5.75 Å². The van der Waals surface area contributed by atoms with Gasteiger partial charge in [0.2, 0.25) is 0 Å². The van der Waals surface area contributed by atoms with Gasteiger partial charge in [0.15, 0.2) is 0 Å². The number of hydrogen-bond donors (Lipinski definition) is 0. The van der Waals surface area contributed by atoms with Crippen LogP contribution in [0.1, 0.15) is 30.0 Å². The fourth-order valence-electron chi connectivity index (χ4n) is 3.26. The third kappa shape index (κ3) is 3.35. The van der Waals surface area contributed by atoms with E-state index in [9.17, 15) is 10.1 Å². The smallest absolute Gasteiger partial charge is 0.273 e. The van der Waals surface area contributed by atoms with Gasteiger partial charge < -0.3 is 4.74 Å². The number of hydrogen-bond acceptors (Lipinski definition) is 4. The summed E-state index contributed by atoms with van der Waals surface area (Å²) in [7, 11) is 1.66. The van der Waals surface area contributed by atoms with Crippen molar-refractivity contribution in [3.8, 4) is 5.75 Å². The minimum absolute atomic E-state index is 0.202. The van der Waals surface area contributed by atoms with E-state index in [1.807, 2.05) is 24.3 Å². The molecule has 2 aromatic carbocycles. The molecular weight excluding hydrogens is 292 g/mol. The number of nitro groups is 1. The molecule has 1 saturated heterocycles. The van der Waals surface area contributed by atoms with Crippen LogP contribution in [0.3, 0.4) is 0 Å². The van der Waals surface area contributed by atoms with E-state index >= 15 is 0 Å². The van der Waals surface area contributed by atoms with Crippen LogP contribution < -0.4 is 4.74 Å². The Bertz CT molecular complexity index is 685. The monoisotopic (exact) mass is 312 g/mol. The molecule has 1 heterocycles. The van der Waals surface area contributed by atoms with Crippen molar-refractivity contribution in [1.29, 1.82) is 0 Å². The highest BCUT2D eigenvalue weighted by Crippen LogP contribution is 2.35. The Kier molecular flexibility index (Phi) is 4.57. The van der Waals surface area contributed by atoms with Crippen LogP contribution in [0.15, 0.2) is 48.5 Å². The van der Waals surface area contributed by atoms with E-state index in [0.29, 0.717) is 12.6 Å². The molecule has 0 aromatic heterocycles. The molecule has 1 atom stereocenters. The average Bonchev–Trinajstić information content (AvgIpc) is 3.03. The van der Waals surface area contributed by atoms with Gasteiger partial charge in [0.05, 0.1) is 12.0 Å². The number of para-hydroxylation sites is 1. The molecule has 0 spiro atoms. The Balaban J connectivity index is 1.80. The first-order valence-corrected chi connectivity index (χ1v) is 7.79. The van der Waals surface area contributed by atoms with Crippen LogP contribution in [-0.4, -0.2) is 23.5 Å². The van der Waals surface area contributed by atoms with Crippen molar-refractivity contribution in [2.24, 2.45) is 0 Å². The second-order valence-electron chi connectivity index (χ2n) is 5.79. The molecule has 0 aliphatic carbocycles. The highest BCUT2D eigenvalue weighted by atomic mass is 16.6.